The predicted molar refractivity (Wildman–Crippen MR) is 55.9 cm³/mol. The van der Waals surface area contributed by atoms with Crippen molar-refractivity contribution in [3.8, 4) is 5.75 Å². The Kier molecular flexibility index (Phi) is 3.96. The predicted octanol–water partition coefficient (Wildman–Crippen LogP) is 3.38. The molecular formula is C10H8BrF3O2. The summed E-state index contributed by atoms with van der Waals surface area (Å²) in [5.41, 5.74) is -1.06. The highest BCUT2D eigenvalue weighted by atomic mass is 79.9. The minimum Gasteiger partial charge on any atom is -0.507 e. The van der Waals surface area contributed by atoms with Gasteiger partial charge in [-0.15, -0.1) is 0 Å². The van der Waals surface area contributed by atoms with Crippen molar-refractivity contribution < 1.29 is 23.1 Å². The Morgan fingerprint density at radius 1 is 1.38 bits per heavy atom. The van der Waals surface area contributed by atoms with Crippen molar-refractivity contribution in [3.05, 3.63) is 29.3 Å². The second-order valence-corrected chi connectivity index (χ2v) is 3.88. The smallest absolute Gasteiger partial charge is 0.416 e. The molecule has 0 saturated carbocycles. The maximum absolute atomic E-state index is 12.2. The fourth-order valence-corrected chi connectivity index (χ4v) is 1.52. The molecule has 0 unspecified atom stereocenters. The number of hydrogen-bond donors (Lipinski definition) is 1. The average Bonchev–Trinajstić information content (AvgIpc) is 2.16. The number of phenols is 1. The molecule has 1 aromatic rings. The Bertz CT molecular complexity index is 402. The van der Waals surface area contributed by atoms with Gasteiger partial charge in [0.2, 0.25) is 0 Å². The molecule has 0 fully saturated rings. The summed E-state index contributed by atoms with van der Waals surface area (Å²) in [5.74, 6) is -1.04. The van der Waals surface area contributed by atoms with E-state index in [1.165, 1.54) is 0 Å². The van der Waals surface area contributed by atoms with Crippen molar-refractivity contribution in [1.29, 1.82) is 0 Å². The van der Waals surface area contributed by atoms with Crippen LogP contribution < -0.4 is 0 Å². The number of Topliss-reactive ketones (excluding diaryl/α,β-unsaturated/α-hetero) is 1. The van der Waals surface area contributed by atoms with Gasteiger partial charge in [-0.2, -0.15) is 13.2 Å². The lowest BCUT2D eigenvalue weighted by Crippen LogP contribution is -2.06. The van der Waals surface area contributed by atoms with Crippen LogP contribution in [0.25, 0.3) is 0 Å². The van der Waals surface area contributed by atoms with E-state index < -0.39 is 23.3 Å². The first-order valence-corrected chi connectivity index (χ1v) is 5.47. The number of halogens is 4. The number of aromatic hydroxyl groups is 1. The van der Waals surface area contributed by atoms with Gasteiger partial charge in [0.15, 0.2) is 5.78 Å². The van der Waals surface area contributed by atoms with Gasteiger partial charge in [0.05, 0.1) is 11.1 Å². The van der Waals surface area contributed by atoms with Crippen LogP contribution in [0.15, 0.2) is 18.2 Å². The number of alkyl halides is 4. The van der Waals surface area contributed by atoms with E-state index in [1.54, 1.807) is 0 Å². The van der Waals surface area contributed by atoms with Gasteiger partial charge in [-0.3, -0.25) is 4.79 Å². The minimum absolute atomic E-state index is 0.0903. The SMILES string of the molecule is O=C(CCBr)c1ccc(C(F)(F)F)cc1O. The molecule has 0 aromatic heterocycles. The van der Waals surface area contributed by atoms with Crippen molar-refractivity contribution in [3.63, 3.8) is 0 Å². The number of ketones is 1. The second kappa shape index (κ2) is 4.86. The molecular weight excluding hydrogens is 289 g/mol. The number of rotatable bonds is 3. The van der Waals surface area contributed by atoms with Crippen LogP contribution in [0.2, 0.25) is 0 Å². The third-order valence-corrected chi connectivity index (χ3v) is 2.34. The lowest BCUT2D eigenvalue weighted by Gasteiger charge is -2.09. The van der Waals surface area contributed by atoms with E-state index in [0.717, 1.165) is 12.1 Å². The van der Waals surface area contributed by atoms with E-state index in [9.17, 15) is 23.1 Å². The van der Waals surface area contributed by atoms with Crippen molar-refractivity contribution >= 4 is 21.7 Å². The summed E-state index contributed by atoms with van der Waals surface area (Å²) in [5, 5.41) is 9.71. The maximum Gasteiger partial charge on any atom is 0.416 e. The van der Waals surface area contributed by atoms with Crippen LogP contribution >= 0.6 is 15.9 Å². The standard InChI is InChI=1S/C10H8BrF3O2/c11-4-3-8(15)7-2-1-6(5-9(7)16)10(12,13)14/h1-2,5,16H,3-4H2. The molecule has 16 heavy (non-hydrogen) atoms. The van der Waals surface area contributed by atoms with Crippen LogP contribution in [0.3, 0.4) is 0 Å². The Morgan fingerprint density at radius 2 is 2.00 bits per heavy atom. The molecule has 1 aromatic carbocycles. The third-order valence-electron chi connectivity index (χ3n) is 1.95. The van der Waals surface area contributed by atoms with E-state index in [2.05, 4.69) is 15.9 Å². The van der Waals surface area contributed by atoms with Gasteiger partial charge in [-0.1, -0.05) is 15.9 Å². The molecule has 0 heterocycles. The quantitative estimate of drug-likeness (QED) is 0.686. The zero-order chi connectivity index (χ0) is 12.3. The zero-order valence-electron chi connectivity index (χ0n) is 8.01. The van der Waals surface area contributed by atoms with E-state index in [4.69, 9.17) is 0 Å². The van der Waals surface area contributed by atoms with E-state index >= 15 is 0 Å². The first-order chi connectivity index (χ1) is 7.36. The highest BCUT2D eigenvalue weighted by molar-refractivity contribution is 9.09. The van der Waals surface area contributed by atoms with Gasteiger partial charge >= 0.3 is 6.18 Å². The molecule has 0 aliphatic rings. The van der Waals surface area contributed by atoms with Gasteiger partial charge in [0.25, 0.3) is 0 Å². The summed E-state index contributed by atoms with van der Waals surface area (Å²) in [7, 11) is 0. The molecule has 1 rings (SSSR count). The first kappa shape index (κ1) is 13.0. The number of carbonyl (C=O) groups excluding carboxylic acids is 1. The molecule has 6 heteroatoms. The lowest BCUT2D eigenvalue weighted by molar-refractivity contribution is -0.137. The summed E-state index contributed by atoms with van der Waals surface area (Å²) in [6.45, 7) is 0. The van der Waals surface area contributed by atoms with Gasteiger partial charge in [-0.05, 0) is 18.2 Å². The second-order valence-electron chi connectivity index (χ2n) is 3.09. The number of carbonyl (C=O) groups is 1. The minimum atomic E-state index is -4.52. The van der Waals surface area contributed by atoms with Gasteiger partial charge in [0, 0.05) is 11.8 Å². The summed E-state index contributed by atoms with van der Waals surface area (Å²) in [6, 6.07) is 2.33. The van der Waals surface area contributed by atoms with E-state index in [0.29, 0.717) is 11.4 Å². The molecule has 0 atom stereocenters. The van der Waals surface area contributed by atoms with Crippen LogP contribution in [-0.4, -0.2) is 16.2 Å². The molecule has 0 bridgehead atoms. The Balaban J connectivity index is 3.05. The molecule has 88 valence electrons. The molecule has 0 amide bonds. The fourth-order valence-electron chi connectivity index (χ4n) is 1.16. The molecule has 2 nitrogen and oxygen atoms in total. The monoisotopic (exact) mass is 296 g/mol. The van der Waals surface area contributed by atoms with Crippen molar-refractivity contribution in [2.45, 2.75) is 12.6 Å². The normalized spacial score (nSPS) is 11.5. The van der Waals surface area contributed by atoms with E-state index in [-0.39, 0.29) is 12.0 Å². The summed E-state index contributed by atoms with van der Waals surface area (Å²) < 4.78 is 36.7. The van der Waals surface area contributed by atoms with Crippen molar-refractivity contribution in [2.24, 2.45) is 0 Å². The summed E-state index contributed by atoms with van der Waals surface area (Å²) in [4.78, 5) is 11.4. The lowest BCUT2D eigenvalue weighted by atomic mass is 10.0. The Labute approximate surface area is 98.2 Å². The van der Waals surface area contributed by atoms with Gasteiger partial charge < -0.3 is 5.11 Å². The molecule has 0 radical (unpaired) electrons. The number of phenolic OH excluding ortho intramolecular Hbond substituents is 1. The molecule has 0 spiro atoms. The van der Waals surface area contributed by atoms with Gasteiger partial charge in [-0.25, -0.2) is 0 Å². The van der Waals surface area contributed by atoms with Crippen LogP contribution in [0.1, 0.15) is 22.3 Å². The summed E-state index contributed by atoms with van der Waals surface area (Å²) in [6.07, 6.45) is -4.40. The topological polar surface area (TPSA) is 37.3 Å². The Morgan fingerprint density at radius 3 is 2.44 bits per heavy atom. The third kappa shape index (κ3) is 2.98. The van der Waals surface area contributed by atoms with Crippen LogP contribution in [0.4, 0.5) is 13.2 Å². The first-order valence-electron chi connectivity index (χ1n) is 4.35. The van der Waals surface area contributed by atoms with Crippen LogP contribution in [-0.2, 0) is 6.18 Å². The molecule has 0 saturated heterocycles. The summed E-state index contributed by atoms with van der Waals surface area (Å²) >= 11 is 3.04. The van der Waals surface area contributed by atoms with E-state index in [1.807, 2.05) is 0 Å². The fraction of sp³-hybridized carbons (Fsp3) is 0.300. The van der Waals surface area contributed by atoms with Crippen molar-refractivity contribution in [2.75, 3.05) is 5.33 Å². The highest BCUT2D eigenvalue weighted by Gasteiger charge is 2.31. The zero-order valence-corrected chi connectivity index (χ0v) is 9.60. The number of benzene rings is 1. The Hall–Kier alpha value is -1.04. The van der Waals surface area contributed by atoms with Gasteiger partial charge in [0.1, 0.15) is 5.75 Å². The largest absolute Gasteiger partial charge is 0.507 e. The molecule has 1 N–H and O–H groups in total. The molecule has 0 aliphatic carbocycles. The van der Waals surface area contributed by atoms with Crippen LogP contribution in [0.5, 0.6) is 5.75 Å². The highest BCUT2D eigenvalue weighted by Crippen LogP contribution is 2.32. The maximum atomic E-state index is 12.2. The van der Waals surface area contributed by atoms with Crippen LogP contribution in [0, 0.1) is 0 Å². The number of hydrogen-bond acceptors (Lipinski definition) is 2. The average molecular weight is 297 g/mol. The molecule has 0 aliphatic heterocycles. The van der Waals surface area contributed by atoms with Crippen molar-refractivity contribution in [1.82, 2.24) is 0 Å².